The van der Waals surface area contributed by atoms with Crippen molar-refractivity contribution in [2.75, 3.05) is 18.1 Å². The molecule has 0 saturated heterocycles. The standard InChI is InChI=1S/C39H42N4O6/c1-39(2,42-38(48)49-26-28-10-4-3-5-11-28)24-35(45)41-33-21-20-30-12-6-9-15-34(30)43(37(33)47)25-27-16-18-29(19-17-27)31-13-7-8-14-32(31)36(46)40-22-23-44/h3-19,33,44H,20-26H2,1-2H3,(H,40,46)(H,41,45)(H,42,48)/t33-/m1/s1. The van der Waals surface area contributed by atoms with E-state index >= 15 is 0 Å². The Morgan fingerprint density at radius 2 is 1.57 bits per heavy atom. The number of fused-ring (bicyclic) bond motifs is 1. The van der Waals surface area contributed by atoms with E-state index in [1.165, 1.54) is 0 Å². The van der Waals surface area contributed by atoms with Gasteiger partial charge in [0, 0.05) is 29.8 Å². The maximum Gasteiger partial charge on any atom is 0.407 e. The van der Waals surface area contributed by atoms with E-state index in [0.29, 0.717) is 18.4 Å². The van der Waals surface area contributed by atoms with Crippen LogP contribution < -0.4 is 20.9 Å². The smallest absolute Gasteiger partial charge is 0.407 e. The summed E-state index contributed by atoms with van der Waals surface area (Å²) in [4.78, 5) is 54.2. The highest BCUT2D eigenvalue weighted by Gasteiger charge is 2.33. The van der Waals surface area contributed by atoms with Crippen LogP contribution in [0.4, 0.5) is 10.5 Å². The highest BCUT2D eigenvalue weighted by molar-refractivity contribution is 6.01. The molecular weight excluding hydrogens is 620 g/mol. The normalized spacial score (nSPS) is 14.3. The molecule has 0 spiro atoms. The van der Waals surface area contributed by atoms with E-state index in [-0.39, 0.29) is 50.4 Å². The lowest BCUT2D eigenvalue weighted by molar-refractivity contribution is -0.128. The third-order valence-corrected chi connectivity index (χ3v) is 8.31. The molecule has 4 amide bonds. The average molecular weight is 663 g/mol. The van der Waals surface area contributed by atoms with Crippen molar-refractivity contribution >= 4 is 29.5 Å². The Bertz CT molecular complexity index is 1770. The Balaban J connectivity index is 1.26. The van der Waals surface area contributed by atoms with Gasteiger partial charge in [0.05, 0.1) is 13.2 Å². The van der Waals surface area contributed by atoms with Crippen molar-refractivity contribution in [3.8, 4) is 11.1 Å². The van der Waals surface area contributed by atoms with Crippen molar-refractivity contribution in [3.05, 3.63) is 125 Å². The minimum Gasteiger partial charge on any atom is -0.445 e. The highest BCUT2D eigenvalue weighted by atomic mass is 16.5. The van der Waals surface area contributed by atoms with Crippen molar-refractivity contribution in [2.45, 2.75) is 57.8 Å². The lowest BCUT2D eigenvalue weighted by atomic mass is 9.98. The van der Waals surface area contributed by atoms with Gasteiger partial charge in [-0.05, 0) is 66.6 Å². The molecule has 5 rings (SSSR count). The minimum absolute atomic E-state index is 0.0505. The first-order valence-electron chi connectivity index (χ1n) is 16.4. The van der Waals surface area contributed by atoms with E-state index in [9.17, 15) is 19.2 Å². The van der Waals surface area contributed by atoms with Crippen LogP contribution in [0, 0.1) is 0 Å². The third kappa shape index (κ3) is 9.33. The van der Waals surface area contributed by atoms with E-state index in [1.54, 1.807) is 30.9 Å². The largest absolute Gasteiger partial charge is 0.445 e. The number of nitrogens with zero attached hydrogens (tertiary/aromatic N) is 1. The Morgan fingerprint density at radius 1 is 0.878 bits per heavy atom. The summed E-state index contributed by atoms with van der Waals surface area (Å²) in [7, 11) is 0. The molecule has 10 nitrogen and oxygen atoms in total. The number of aryl methyl sites for hydroxylation is 1. The van der Waals surface area contributed by atoms with Crippen LogP contribution >= 0.6 is 0 Å². The molecule has 1 aliphatic rings. The van der Waals surface area contributed by atoms with Gasteiger partial charge in [0.25, 0.3) is 5.91 Å². The van der Waals surface area contributed by atoms with Crippen LogP contribution in [0.1, 0.15) is 53.7 Å². The molecule has 1 aliphatic heterocycles. The molecule has 49 heavy (non-hydrogen) atoms. The van der Waals surface area contributed by atoms with Crippen LogP contribution in [0.5, 0.6) is 0 Å². The molecule has 4 aromatic rings. The molecule has 1 atom stereocenters. The first-order valence-corrected chi connectivity index (χ1v) is 16.4. The van der Waals surface area contributed by atoms with Crippen LogP contribution in [0.15, 0.2) is 103 Å². The monoisotopic (exact) mass is 662 g/mol. The van der Waals surface area contributed by atoms with E-state index in [2.05, 4.69) is 16.0 Å². The molecule has 0 bridgehead atoms. The quantitative estimate of drug-likeness (QED) is 0.166. The van der Waals surface area contributed by atoms with Gasteiger partial charge < -0.3 is 30.7 Å². The first kappa shape index (κ1) is 34.8. The van der Waals surface area contributed by atoms with E-state index in [0.717, 1.165) is 33.5 Å². The van der Waals surface area contributed by atoms with E-state index < -0.39 is 17.7 Å². The number of para-hydroxylation sites is 1. The fourth-order valence-corrected chi connectivity index (χ4v) is 5.91. The summed E-state index contributed by atoms with van der Waals surface area (Å²) in [5, 5.41) is 17.5. The Morgan fingerprint density at radius 3 is 2.33 bits per heavy atom. The number of hydrogen-bond acceptors (Lipinski definition) is 6. The molecule has 0 aliphatic carbocycles. The lowest BCUT2D eigenvalue weighted by Crippen LogP contribution is -2.51. The number of carbonyl (C=O) groups is 4. The fourth-order valence-electron chi connectivity index (χ4n) is 5.91. The minimum atomic E-state index is -0.922. The van der Waals surface area contributed by atoms with E-state index in [4.69, 9.17) is 9.84 Å². The van der Waals surface area contributed by atoms with Gasteiger partial charge >= 0.3 is 6.09 Å². The predicted molar refractivity (Wildman–Crippen MR) is 188 cm³/mol. The zero-order valence-electron chi connectivity index (χ0n) is 27.8. The zero-order valence-corrected chi connectivity index (χ0v) is 27.8. The van der Waals surface area contributed by atoms with E-state index in [1.807, 2.05) is 91.0 Å². The summed E-state index contributed by atoms with van der Waals surface area (Å²) >= 11 is 0. The fraction of sp³-hybridized carbons (Fsp3) is 0.282. The Hall–Kier alpha value is -5.48. The molecule has 4 aromatic carbocycles. The summed E-state index contributed by atoms with van der Waals surface area (Å²) in [5.41, 5.74) is 4.70. The number of amides is 4. The lowest BCUT2D eigenvalue weighted by Gasteiger charge is -2.28. The second-order valence-corrected chi connectivity index (χ2v) is 12.7. The van der Waals surface area contributed by atoms with Crippen LogP contribution in [0.25, 0.3) is 11.1 Å². The number of carbonyl (C=O) groups excluding carboxylic acids is 4. The van der Waals surface area contributed by atoms with Crippen molar-refractivity contribution in [2.24, 2.45) is 0 Å². The number of aliphatic hydroxyl groups excluding tert-OH is 1. The Kier molecular flexibility index (Phi) is 11.4. The Labute approximate surface area is 286 Å². The van der Waals surface area contributed by atoms with Crippen LogP contribution in [0.2, 0.25) is 0 Å². The predicted octanol–water partition coefficient (Wildman–Crippen LogP) is 5.14. The topological polar surface area (TPSA) is 137 Å². The third-order valence-electron chi connectivity index (χ3n) is 8.31. The molecule has 4 N–H and O–H groups in total. The summed E-state index contributed by atoms with van der Waals surface area (Å²) < 4.78 is 5.33. The SMILES string of the molecule is CC(C)(CC(=O)N[C@@H]1CCc2ccccc2N(Cc2ccc(-c3ccccc3C(=O)NCCO)cc2)C1=O)NC(=O)OCc1ccccc1. The molecule has 0 saturated carbocycles. The van der Waals surface area contributed by atoms with Crippen LogP contribution in [-0.4, -0.2) is 53.7 Å². The van der Waals surface area contributed by atoms with Crippen molar-refractivity contribution in [1.29, 1.82) is 0 Å². The molecule has 0 radical (unpaired) electrons. The summed E-state index contributed by atoms with van der Waals surface area (Å²) in [5.74, 6) is -0.847. The van der Waals surface area contributed by atoms with Crippen molar-refractivity contribution in [1.82, 2.24) is 16.0 Å². The number of benzene rings is 4. The molecule has 0 fully saturated rings. The molecule has 1 heterocycles. The number of rotatable bonds is 12. The summed E-state index contributed by atoms with van der Waals surface area (Å²) in [6.45, 7) is 3.88. The average Bonchev–Trinajstić information content (AvgIpc) is 3.22. The van der Waals surface area contributed by atoms with Gasteiger partial charge in [-0.1, -0.05) is 91.0 Å². The van der Waals surface area contributed by atoms with Crippen molar-refractivity contribution in [3.63, 3.8) is 0 Å². The summed E-state index contributed by atoms with van der Waals surface area (Å²) in [6, 6.07) is 31.3. The number of hydrogen-bond donors (Lipinski definition) is 4. The number of nitrogens with one attached hydrogen (secondary N) is 3. The van der Waals surface area contributed by atoms with Crippen molar-refractivity contribution < 1.29 is 29.0 Å². The van der Waals surface area contributed by atoms with Gasteiger partial charge in [0.1, 0.15) is 12.6 Å². The molecule has 0 unspecified atom stereocenters. The number of anilines is 1. The van der Waals surface area contributed by atoms with Gasteiger partial charge in [0.15, 0.2) is 0 Å². The second-order valence-electron chi connectivity index (χ2n) is 12.7. The molecule has 10 heteroatoms. The van der Waals surface area contributed by atoms with Gasteiger partial charge in [-0.25, -0.2) is 4.79 Å². The van der Waals surface area contributed by atoms with Crippen LogP contribution in [-0.2, 0) is 33.9 Å². The van der Waals surface area contributed by atoms with Crippen LogP contribution in [0.3, 0.4) is 0 Å². The number of ether oxygens (including phenoxy) is 1. The zero-order chi connectivity index (χ0) is 34.8. The van der Waals surface area contributed by atoms with Gasteiger partial charge in [-0.2, -0.15) is 0 Å². The summed E-state index contributed by atoms with van der Waals surface area (Å²) in [6.07, 6.45) is 0.350. The molecule has 0 aromatic heterocycles. The highest BCUT2D eigenvalue weighted by Crippen LogP contribution is 2.30. The molecular formula is C39H42N4O6. The van der Waals surface area contributed by atoms with Gasteiger partial charge in [-0.15, -0.1) is 0 Å². The number of alkyl carbamates (subject to hydrolysis) is 1. The second kappa shape index (κ2) is 16.1. The maximum absolute atomic E-state index is 14.1. The maximum atomic E-state index is 14.1. The van der Waals surface area contributed by atoms with Gasteiger partial charge in [-0.3, -0.25) is 14.4 Å². The van der Waals surface area contributed by atoms with Gasteiger partial charge in [0.2, 0.25) is 11.8 Å². The first-order chi connectivity index (χ1) is 23.6. The molecule has 254 valence electrons. The number of aliphatic hydroxyl groups is 1.